The van der Waals surface area contributed by atoms with Gasteiger partial charge in [-0.05, 0) is 113 Å². The average Bonchev–Trinajstić information content (AvgIpc) is 3.28. The third-order valence-electron chi connectivity index (χ3n) is 13.3. The molecule has 13 heteroatoms. The van der Waals surface area contributed by atoms with Gasteiger partial charge >= 0.3 is 0 Å². The first kappa shape index (κ1) is 44.7. The molecule has 0 bridgehead atoms. The summed E-state index contributed by atoms with van der Waals surface area (Å²) in [5, 5.41) is 5.55. The van der Waals surface area contributed by atoms with Crippen molar-refractivity contribution in [1.29, 1.82) is 0 Å². The van der Waals surface area contributed by atoms with Crippen molar-refractivity contribution in [2.24, 2.45) is 11.8 Å². The van der Waals surface area contributed by atoms with E-state index in [0.717, 1.165) is 141 Å². The van der Waals surface area contributed by atoms with E-state index in [1.165, 1.54) is 11.1 Å². The van der Waals surface area contributed by atoms with Gasteiger partial charge in [0.25, 0.3) is 11.8 Å². The summed E-state index contributed by atoms with van der Waals surface area (Å²) in [6, 6.07) is 16.0. The van der Waals surface area contributed by atoms with Crippen LogP contribution < -0.4 is 10.6 Å². The number of likely N-dealkylation sites (N-methyl/N-ethyl adjacent to an activating group) is 2. The Labute approximate surface area is 352 Å². The van der Waals surface area contributed by atoms with Gasteiger partial charge in [-0.1, -0.05) is 24.3 Å². The zero-order chi connectivity index (χ0) is 41.7. The van der Waals surface area contributed by atoms with Gasteiger partial charge in [0, 0.05) is 117 Å². The van der Waals surface area contributed by atoms with E-state index in [1.54, 1.807) is 14.1 Å². The molecule has 59 heavy (non-hydrogen) atoms. The number of amides is 4. The Morgan fingerprint density at radius 2 is 0.847 bits per heavy atom. The fraction of sp³-hybridized carbons (Fsp3) is 0.652. The second kappa shape index (κ2) is 22.1. The van der Waals surface area contributed by atoms with Crippen molar-refractivity contribution in [3.05, 3.63) is 70.8 Å². The van der Waals surface area contributed by atoms with Crippen molar-refractivity contribution >= 4 is 23.6 Å². The monoisotopic (exact) mass is 815 g/mol. The molecule has 13 nitrogen and oxygen atoms in total. The number of hydrogen-bond donors (Lipinski definition) is 2. The second-order valence-corrected chi connectivity index (χ2v) is 17.4. The number of carbonyl (C=O) groups excluding carboxylic acids is 4. The number of nitrogens with zero attached hydrogens (tertiary/aromatic N) is 6. The molecule has 0 radical (unpaired) electrons. The smallest absolute Gasteiger partial charge is 0.253 e. The van der Waals surface area contributed by atoms with Crippen molar-refractivity contribution in [2.75, 3.05) is 107 Å². The Balaban J connectivity index is 0.809. The van der Waals surface area contributed by atoms with Gasteiger partial charge in [-0.2, -0.15) is 0 Å². The van der Waals surface area contributed by atoms with E-state index >= 15 is 0 Å². The van der Waals surface area contributed by atoms with Crippen LogP contribution in [0.15, 0.2) is 48.5 Å². The Hall–Kier alpha value is -3.88. The van der Waals surface area contributed by atoms with Crippen molar-refractivity contribution in [3.8, 4) is 0 Å². The lowest BCUT2D eigenvalue weighted by Gasteiger charge is -2.37. The number of benzene rings is 2. The summed E-state index contributed by atoms with van der Waals surface area (Å²) in [4.78, 5) is 63.6. The number of piperidine rings is 4. The van der Waals surface area contributed by atoms with E-state index in [4.69, 9.17) is 4.74 Å². The predicted molar refractivity (Wildman–Crippen MR) is 231 cm³/mol. The molecule has 4 fully saturated rings. The molecule has 4 heterocycles. The quantitative estimate of drug-likeness (QED) is 0.263. The van der Waals surface area contributed by atoms with Crippen LogP contribution in [0.4, 0.5) is 0 Å². The van der Waals surface area contributed by atoms with Gasteiger partial charge < -0.3 is 35.0 Å². The van der Waals surface area contributed by atoms with Gasteiger partial charge in [0.1, 0.15) is 0 Å². The van der Waals surface area contributed by atoms with Crippen LogP contribution in [0.3, 0.4) is 0 Å². The molecule has 2 aromatic carbocycles. The average molecular weight is 815 g/mol. The molecule has 0 aliphatic carbocycles. The van der Waals surface area contributed by atoms with Crippen LogP contribution in [0.5, 0.6) is 0 Å². The topological polar surface area (TPSA) is 121 Å². The zero-order valence-electron chi connectivity index (χ0n) is 36.2. The van der Waals surface area contributed by atoms with Crippen LogP contribution in [-0.4, -0.2) is 172 Å². The van der Waals surface area contributed by atoms with Crippen LogP contribution >= 0.6 is 0 Å². The maximum absolute atomic E-state index is 13.2. The molecule has 4 saturated heterocycles. The summed E-state index contributed by atoms with van der Waals surface area (Å²) in [5.41, 5.74) is 3.83. The third-order valence-corrected chi connectivity index (χ3v) is 13.3. The Morgan fingerprint density at radius 3 is 1.17 bits per heavy atom. The van der Waals surface area contributed by atoms with E-state index < -0.39 is 0 Å². The normalized spacial score (nSPS) is 20.0. The molecule has 2 N–H and O–H groups in total. The first-order chi connectivity index (χ1) is 28.6. The van der Waals surface area contributed by atoms with E-state index in [9.17, 15) is 19.2 Å². The number of ether oxygens (including phenoxy) is 1. The zero-order valence-corrected chi connectivity index (χ0v) is 36.2. The molecule has 0 unspecified atom stereocenters. The highest BCUT2D eigenvalue weighted by Gasteiger charge is 2.28. The second-order valence-electron chi connectivity index (χ2n) is 17.4. The van der Waals surface area contributed by atoms with Gasteiger partial charge in [-0.3, -0.25) is 29.0 Å². The minimum atomic E-state index is 0.0558. The number of hydrogen-bond acceptors (Lipinski definition) is 9. The fourth-order valence-corrected chi connectivity index (χ4v) is 9.17. The number of carbonyl (C=O) groups is 4. The molecule has 4 aliphatic rings. The van der Waals surface area contributed by atoms with Gasteiger partial charge in [0.2, 0.25) is 11.8 Å². The molecule has 0 saturated carbocycles. The van der Waals surface area contributed by atoms with E-state index in [-0.39, 0.29) is 35.5 Å². The van der Waals surface area contributed by atoms with Gasteiger partial charge in [-0.15, -0.1) is 0 Å². The van der Waals surface area contributed by atoms with Crippen LogP contribution in [0.2, 0.25) is 0 Å². The highest BCUT2D eigenvalue weighted by molar-refractivity contribution is 5.94. The molecule has 0 aromatic heterocycles. The molecule has 324 valence electrons. The van der Waals surface area contributed by atoms with Crippen LogP contribution in [0.25, 0.3) is 0 Å². The number of rotatable bonds is 16. The molecular weight excluding hydrogens is 745 g/mol. The summed E-state index contributed by atoms with van der Waals surface area (Å²) in [5.74, 6) is 0.645. The molecular formula is C46H70N8O5. The van der Waals surface area contributed by atoms with Gasteiger partial charge in [0.05, 0.1) is 12.2 Å². The summed E-state index contributed by atoms with van der Waals surface area (Å²) in [6.45, 7) is 12.4. The highest BCUT2D eigenvalue weighted by Crippen LogP contribution is 2.23. The minimum absolute atomic E-state index is 0.0558. The van der Waals surface area contributed by atoms with Crippen molar-refractivity contribution in [2.45, 2.75) is 76.7 Å². The molecule has 4 aliphatic heterocycles. The molecule has 6 rings (SSSR count). The maximum Gasteiger partial charge on any atom is 0.253 e. The van der Waals surface area contributed by atoms with Crippen molar-refractivity contribution in [1.82, 2.24) is 40.0 Å². The van der Waals surface area contributed by atoms with Gasteiger partial charge in [-0.25, -0.2) is 0 Å². The molecule has 0 atom stereocenters. The van der Waals surface area contributed by atoms with Crippen molar-refractivity contribution < 1.29 is 23.9 Å². The summed E-state index contributed by atoms with van der Waals surface area (Å²) < 4.78 is 6.60. The van der Waals surface area contributed by atoms with Crippen LogP contribution in [-0.2, 0) is 27.4 Å². The predicted octanol–water partition coefficient (Wildman–Crippen LogP) is 3.39. The lowest BCUT2D eigenvalue weighted by atomic mass is 9.95. The summed E-state index contributed by atoms with van der Waals surface area (Å²) >= 11 is 0. The summed E-state index contributed by atoms with van der Waals surface area (Å²) in [7, 11) is 7.21. The maximum atomic E-state index is 13.2. The molecule has 4 amide bonds. The number of likely N-dealkylation sites (tertiary alicyclic amines) is 4. The Bertz CT molecular complexity index is 1520. The lowest BCUT2D eigenvalue weighted by molar-refractivity contribution is -0.126. The highest BCUT2D eigenvalue weighted by atomic mass is 16.5. The standard InChI is InChI=1S/C46H70N8O5/c1-47-43(55)37-13-21-53(22-14-37)33-35-5-9-39(10-6-35)45(57)49(3)29-31-51-25-17-41(18-26-51)59-42-19-27-52(28-20-42)32-30-50(4)46(58)40-11-7-36(8-12-40)34-54-23-15-38(16-24-54)44(56)48-2/h5-12,37-38,41-42H,13-34H2,1-4H3,(H,47,55)(H,48,56). The van der Waals surface area contributed by atoms with Crippen LogP contribution in [0.1, 0.15) is 83.2 Å². The number of nitrogens with one attached hydrogen (secondary N) is 2. The van der Waals surface area contributed by atoms with E-state index in [0.29, 0.717) is 25.3 Å². The van der Waals surface area contributed by atoms with Gasteiger partial charge in [0.15, 0.2) is 0 Å². The first-order valence-corrected chi connectivity index (χ1v) is 22.2. The third kappa shape index (κ3) is 13.1. The Kier molecular flexibility index (Phi) is 16.7. The lowest BCUT2D eigenvalue weighted by Crippen LogP contribution is -2.45. The van der Waals surface area contributed by atoms with Crippen molar-refractivity contribution in [3.63, 3.8) is 0 Å². The Morgan fingerprint density at radius 1 is 0.525 bits per heavy atom. The largest absolute Gasteiger partial charge is 0.375 e. The van der Waals surface area contributed by atoms with E-state index in [2.05, 4.69) is 54.5 Å². The first-order valence-electron chi connectivity index (χ1n) is 22.2. The molecule has 2 aromatic rings. The fourth-order valence-electron chi connectivity index (χ4n) is 9.17. The van der Waals surface area contributed by atoms with E-state index in [1.807, 2.05) is 48.2 Å². The SMILES string of the molecule is CNC(=O)C1CCN(Cc2ccc(C(=O)N(C)CCN3CCC(OC4CCN(CCN(C)C(=O)c5ccc(CN6CCC(C(=O)NC)CC6)cc5)CC4)CC3)cc2)CC1. The van der Waals surface area contributed by atoms with Crippen LogP contribution in [0, 0.1) is 11.8 Å². The summed E-state index contributed by atoms with van der Waals surface area (Å²) in [6.07, 6.45) is 8.23. The molecule has 0 spiro atoms. The minimum Gasteiger partial charge on any atom is -0.375 e.